The van der Waals surface area contributed by atoms with Crippen LogP contribution >= 0.6 is 0 Å². The quantitative estimate of drug-likeness (QED) is 0.755. The maximum atomic E-state index is 4.57. The van der Waals surface area contributed by atoms with Crippen LogP contribution in [0.5, 0.6) is 0 Å². The summed E-state index contributed by atoms with van der Waals surface area (Å²) in [4.78, 5) is 21.6. The lowest BCUT2D eigenvalue weighted by molar-refractivity contribution is 0.126. The summed E-state index contributed by atoms with van der Waals surface area (Å²) in [6, 6.07) is 2.09. The van der Waals surface area contributed by atoms with Crippen molar-refractivity contribution in [1.29, 1.82) is 0 Å². The summed E-state index contributed by atoms with van der Waals surface area (Å²) in [5.41, 5.74) is 0.937. The minimum atomic E-state index is 0.857. The number of piperidine rings is 2. The molecule has 3 aromatic rings. The van der Waals surface area contributed by atoms with Gasteiger partial charge in [-0.05, 0) is 56.7 Å². The molecule has 28 heavy (non-hydrogen) atoms. The average Bonchev–Trinajstić information content (AvgIpc) is 3.38. The van der Waals surface area contributed by atoms with Crippen LogP contribution in [0.2, 0.25) is 0 Å². The SMILES string of the molecule is Cn1ccnc1CN1CCC(C2CCN(c3ncnc4[nH]ccc34)CC2)CC1. The van der Waals surface area contributed by atoms with E-state index in [2.05, 4.69) is 47.4 Å². The number of aromatic nitrogens is 5. The van der Waals surface area contributed by atoms with Crippen molar-refractivity contribution in [3.8, 4) is 0 Å². The number of H-pyrrole nitrogens is 1. The highest BCUT2D eigenvalue weighted by atomic mass is 15.2. The van der Waals surface area contributed by atoms with Gasteiger partial charge in [0.15, 0.2) is 0 Å². The van der Waals surface area contributed by atoms with E-state index in [0.29, 0.717) is 0 Å². The Hall–Kier alpha value is -2.41. The van der Waals surface area contributed by atoms with Gasteiger partial charge in [-0.2, -0.15) is 0 Å². The lowest BCUT2D eigenvalue weighted by Gasteiger charge is -2.40. The number of nitrogens with zero attached hydrogens (tertiary/aromatic N) is 6. The maximum absolute atomic E-state index is 4.57. The van der Waals surface area contributed by atoms with Gasteiger partial charge in [-0.1, -0.05) is 0 Å². The highest BCUT2D eigenvalue weighted by molar-refractivity contribution is 5.87. The van der Waals surface area contributed by atoms with Crippen molar-refractivity contribution in [3.63, 3.8) is 0 Å². The highest BCUT2D eigenvalue weighted by Crippen LogP contribution is 2.34. The van der Waals surface area contributed by atoms with Crippen LogP contribution in [-0.4, -0.2) is 55.6 Å². The van der Waals surface area contributed by atoms with Gasteiger partial charge in [0.1, 0.15) is 23.6 Å². The van der Waals surface area contributed by atoms with Crippen molar-refractivity contribution in [3.05, 3.63) is 36.8 Å². The molecule has 1 N–H and O–H groups in total. The normalized spacial score (nSPS) is 20.2. The van der Waals surface area contributed by atoms with Gasteiger partial charge in [0.2, 0.25) is 0 Å². The monoisotopic (exact) mass is 379 g/mol. The Morgan fingerprint density at radius 3 is 2.46 bits per heavy atom. The van der Waals surface area contributed by atoms with Crippen LogP contribution in [-0.2, 0) is 13.6 Å². The molecule has 2 saturated heterocycles. The number of imidazole rings is 1. The number of nitrogens with one attached hydrogen (secondary N) is 1. The van der Waals surface area contributed by atoms with Crippen LogP contribution in [0, 0.1) is 11.8 Å². The van der Waals surface area contributed by atoms with Gasteiger partial charge in [0.05, 0.1) is 11.9 Å². The number of anilines is 1. The molecule has 2 aliphatic heterocycles. The molecule has 0 aromatic carbocycles. The molecule has 0 spiro atoms. The third-order valence-corrected chi connectivity index (χ3v) is 6.76. The van der Waals surface area contributed by atoms with Gasteiger partial charge in [-0.3, -0.25) is 4.90 Å². The van der Waals surface area contributed by atoms with Gasteiger partial charge in [-0.15, -0.1) is 0 Å². The fraction of sp³-hybridized carbons (Fsp3) is 0.571. The minimum Gasteiger partial charge on any atom is -0.356 e. The van der Waals surface area contributed by atoms with E-state index >= 15 is 0 Å². The minimum absolute atomic E-state index is 0.857. The zero-order chi connectivity index (χ0) is 18.9. The molecule has 7 nitrogen and oxygen atoms in total. The van der Waals surface area contributed by atoms with Crippen LogP contribution in [0.15, 0.2) is 31.0 Å². The van der Waals surface area contributed by atoms with Gasteiger partial charge < -0.3 is 14.5 Å². The third kappa shape index (κ3) is 3.39. The van der Waals surface area contributed by atoms with E-state index in [0.717, 1.165) is 48.3 Å². The molecule has 0 amide bonds. The summed E-state index contributed by atoms with van der Waals surface area (Å²) in [5, 5.41) is 1.14. The predicted octanol–water partition coefficient (Wildman–Crippen LogP) is 2.82. The van der Waals surface area contributed by atoms with Crippen molar-refractivity contribution in [2.75, 3.05) is 31.1 Å². The zero-order valence-corrected chi connectivity index (χ0v) is 16.6. The first-order valence-corrected chi connectivity index (χ1v) is 10.5. The van der Waals surface area contributed by atoms with Gasteiger partial charge in [0.25, 0.3) is 0 Å². The molecule has 5 rings (SSSR count). The Kier molecular flexibility index (Phi) is 4.76. The standard InChI is InChI=1S/C21H29N7/c1-26-13-8-22-19(26)14-27-9-3-16(4-10-27)17-5-11-28(12-6-17)21-18-2-7-23-20(18)24-15-25-21/h2,7-8,13,15-17H,3-6,9-12,14H2,1H3,(H,23,24,25). The highest BCUT2D eigenvalue weighted by Gasteiger charge is 2.30. The Balaban J connectivity index is 1.15. The van der Waals surface area contributed by atoms with Crippen LogP contribution in [0.4, 0.5) is 5.82 Å². The average molecular weight is 380 g/mol. The van der Waals surface area contributed by atoms with Crippen molar-refractivity contribution in [2.24, 2.45) is 18.9 Å². The number of hydrogen-bond acceptors (Lipinski definition) is 5. The van der Waals surface area contributed by atoms with Crippen molar-refractivity contribution in [2.45, 2.75) is 32.2 Å². The summed E-state index contributed by atoms with van der Waals surface area (Å²) in [6.45, 7) is 5.60. The molecule has 0 atom stereocenters. The molecular formula is C21H29N7. The van der Waals surface area contributed by atoms with Gasteiger partial charge in [0, 0.05) is 38.7 Å². The Labute approximate surface area is 165 Å². The van der Waals surface area contributed by atoms with Gasteiger partial charge in [-0.25, -0.2) is 15.0 Å². The molecule has 2 fully saturated rings. The second-order valence-corrected chi connectivity index (χ2v) is 8.33. The molecule has 2 aliphatic rings. The fourth-order valence-corrected chi connectivity index (χ4v) is 5.02. The Morgan fingerprint density at radius 1 is 1.00 bits per heavy atom. The van der Waals surface area contributed by atoms with Crippen LogP contribution in [0.3, 0.4) is 0 Å². The second kappa shape index (κ2) is 7.54. The van der Waals surface area contributed by atoms with E-state index in [1.165, 1.54) is 44.6 Å². The molecule has 0 bridgehead atoms. The summed E-state index contributed by atoms with van der Waals surface area (Å²) >= 11 is 0. The van der Waals surface area contributed by atoms with E-state index in [1.54, 1.807) is 6.33 Å². The first-order valence-electron chi connectivity index (χ1n) is 10.5. The fourth-order valence-electron chi connectivity index (χ4n) is 5.02. The summed E-state index contributed by atoms with van der Waals surface area (Å²) in [5.74, 6) is 4.00. The molecule has 0 radical (unpaired) electrons. The lowest BCUT2D eigenvalue weighted by atomic mass is 9.79. The Morgan fingerprint density at radius 2 is 1.75 bits per heavy atom. The molecule has 0 saturated carbocycles. The smallest absolute Gasteiger partial charge is 0.142 e. The second-order valence-electron chi connectivity index (χ2n) is 8.33. The number of hydrogen-bond donors (Lipinski definition) is 1. The number of likely N-dealkylation sites (tertiary alicyclic amines) is 1. The Bertz CT molecular complexity index is 914. The first-order chi connectivity index (χ1) is 13.8. The molecule has 3 aromatic heterocycles. The third-order valence-electron chi connectivity index (χ3n) is 6.76. The van der Waals surface area contributed by atoms with E-state index in [9.17, 15) is 0 Å². The van der Waals surface area contributed by atoms with Crippen LogP contribution in [0.25, 0.3) is 11.0 Å². The van der Waals surface area contributed by atoms with E-state index in [-0.39, 0.29) is 0 Å². The summed E-state index contributed by atoms with van der Waals surface area (Å²) in [6.07, 6.45) is 12.8. The van der Waals surface area contributed by atoms with Crippen molar-refractivity contribution >= 4 is 16.9 Å². The van der Waals surface area contributed by atoms with Crippen LogP contribution < -0.4 is 4.90 Å². The summed E-state index contributed by atoms with van der Waals surface area (Å²) in [7, 11) is 2.09. The molecule has 5 heterocycles. The first kappa shape index (κ1) is 17.7. The molecule has 0 unspecified atom stereocenters. The van der Waals surface area contributed by atoms with E-state index in [4.69, 9.17) is 0 Å². The molecule has 0 aliphatic carbocycles. The van der Waals surface area contributed by atoms with Gasteiger partial charge >= 0.3 is 0 Å². The topological polar surface area (TPSA) is 65.9 Å². The zero-order valence-electron chi connectivity index (χ0n) is 16.6. The van der Waals surface area contributed by atoms with Crippen molar-refractivity contribution in [1.82, 2.24) is 29.4 Å². The molecule has 7 heteroatoms. The van der Waals surface area contributed by atoms with E-state index < -0.39 is 0 Å². The number of aryl methyl sites for hydroxylation is 1. The lowest BCUT2D eigenvalue weighted by Crippen LogP contribution is -2.41. The predicted molar refractivity (Wildman–Crippen MR) is 110 cm³/mol. The summed E-state index contributed by atoms with van der Waals surface area (Å²) < 4.78 is 2.14. The number of fused-ring (bicyclic) bond motifs is 1. The number of rotatable bonds is 4. The number of aromatic amines is 1. The van der Waals surface area contributed by atoms with Crippen LogP contribution in [0.1, 0.15) is 31.5 Å². The van der Waals surface area contributed by atoms with Crippen molar-refractivity contribution < 1.29 is 0 Å². The maximum Gasteiger partial charge on any atom is 0.142 e. The molecule has 148 valence electrons. The largest absolute Gasteiger partial charge is 0.356 e. The molecular weight excluding hydrogens is 350 g/mol. The van der Waals surface area contributed by atoms with E-state index in [1.807, 2.05) is 18.6 Å².